The quantitative estimate of drug-likeness (QED) is 0.654. The van der Waals surface area contributed by atoms with Crippen LogP contribution in [0, 0.1) is 21.8 Å². The van der Waals surface area contributed by atoms with Crippen molar-refractivity contribution in [2.45, 2.75) is 26.4 Å². The van der Waals surface area contributed by atoms with Gasteiger partial charge in [0, 0.05) is 0 Å². The lowest BCUT2D eigenvalue weighted by Gasteiger charge is -2.23. The summed E-state index contributed by atoms with van der Waals surface area (Å²) in [5, 5.41) is 13.4. The molecule has 122 valence electrons. The third kappa shape index (κ3) is 4.35. The van der Waals surface area contributed by atoms with Gasteiger partial charge in [0.1, 0.15) is 18.6 Å². The van der Waals surface area contributed by atoms with Crippen molar-refractivity contribution in [2.75, 3.05) is 0 Å². The molecule has 1 amide bonds. The number of rotatable bonds is 6. The minimum Gasteiger partial charge on any atom is -0.358 e. The fourth-order valence-electron chi connectivity index (χ4n) is 2.22. The number of benzene rings is 1. The zero-order chi connectivity index (χ0) is 17.0. The van der Waals surface area contributed by atoms with Crippen LogP contribution in [-0.4, -0.2) is 20.4 Å². The van der Waals surface area contributed by atoms with Crippen molar-refractivity contribution in [3.63, 3.8) is 0 Å². The van der Waals surface area contributed by atoms with Crippen molar-refractivity contribution in [3.05, 3.63) is 58.3 Å². The molecule has 2 aromatic rings. The van der Waals surface area contributed by atoms with E-state index < -0.39 is 4.92 Å². The molecule has 1 heterocycles. The number of amides is 1. The molecule has 2 rings (SSSR count). The first-order valence-electron chi connectivity index (χ1n) is 7.08. The zero-order valence-corrected chi connectivity index (χ0v) is 12.8. The van der Waals surface area contributed by atoms with Crippen molar-refractivity contribution in [3.8, 4) is 0 Å². The lowest BCUT2D eigenvalue weighted by Crippen LogP contribution is -2.34. The molecular formula is C15H17FN4O3. The molecule has 0 radical (unpaired) electrons. The van der Waals surface area contributed by atoms with Crippen LogP contribution in [0.1, 0.15) is 25.5 Å². The Kier molecular flexibility index (Phi) is 5.05. The second-order valence-electron chi connectivity index (χ2n) is 5.50. The van der Waals surface area contributed by atoms with Gasteiger partial charge in [-0.3, -0.25) is 4.79 Å². The standard InChI is InChI=1S/C15H17FN4O3/c1-10(2)15(11-3-5-12(16)6-4-11)18-14(21)8-19-7-13(17-9-19)20(22)23/h3-7,9-10,15H,8H2,1-2H3,(H,18,21). The summed E-state index contributed by atoms with van der Waals surface area (Å²) in [5.41, 5.74) is 0.798. The van der Waals surface area contributed by atoms with E-state index in [4.69, 9.17) is 0 Å². The van der Waals surface area contributed by atoms with Gasteiger partial charge in [0.2, 0.25) is 12.2 Å². The maximum absolute atomic E-state index is 13.0. The second kappa shape index (κ2) is 6.99. The van der Waals surface area contributed by atoms with Crippen LogP contribution in [0.15, 0.2) is 36.8 Å². The monoisotopic (exact) mass is 320 g/mol. The van der Waals surface area contributed by atoms with E-state index in [0.717, 1.165) is 5.56 Å². The number of carbonyl (C=O) groups excluding carboxylic acids is 1. The fourth-order valence-corrected chi connectivity index (χ4v) is 2.22. The predicted octanol–water partition coefficient (Wildman–Crippen LogP) is 2.44. The Labute approximate surface area is 132 Å². The number of aromatic nitrogens is 2. The molecule has 0 spiro atoms. The topological polar surface area (TPSA) is 90.1 Å². The molecule has 1 aromatic heterocycles. The van der Waals surface area contributed by atoms with Crippen LogP contribution in [0.3, 0.4) is 0 Å². The highest BCUT2D eigenvalue weighted by atomic mass is 19.1. The van der Waals surface area contributed by atoms with E-state index in [1.165, 1.54) is 29.2 Å². The number of hydrogen-bond acceptors (Lipinski definition) is 4. The largest absolute Gasteiger partial charge is 0.381 e. The average molecular weight is 320 g/mol. The maximum Gasteiger partial charge on any atom is 0.381 e. The highest BCUT2D eigenvalue weighted by Crippen LogP contribution is 2.22. The summed E-state index contributed by atoms with van der Waals surface area (Å²) >= 11 is 0. The Bertz CT molecular complexity index is 697. The highest BCUT2D eigenvalue weighted by Gasteiger charge is 2.19. The van der Waals surface area contributed by atoms with Crippen LogP contribution in [0.2, 0.25) is 0 Å². The molecule has 0 saturated carbocycles. The molecule has 1 N–H and O–H groups in total. The average Bonchev–Trinajstić information content (AvgIpc) is 2.94. The van der Waals surface area contributed by atoms with Gasteiger partial charge >= 0.3 is 5.82 Å². The van der Waals surface area contributed by atoms with Crippen LogP contribution < -0.4 is 5.32 Å². The van der Waals surface area contributed by atoms with Gasteiger partial charge in [0.05, 0.1) is 6.04 Å². The zero-order valence-electron chi connectivity index (χ0n) is 12.8. The van der Waals surface area contributed by atoms with E-state index in [9.17, 15) is 19.3 Å². The highest BCUT2D eigenvalue weighted by molar-refractivity contribution is 5.76. The molecule has 0 fully saturated rings. The van der Waals surface area contributed by atoms with Crippen molar-refractivity contribution in [1.29, 1.82) is 0 Å². The molecule has 1 unspecified atom stereocenters. The maximum atomic E-state index is 13.0. The first-order chi connectivity index (χ1) is 10.9. The van der Waals surface area contributed by atoms with Crippen LogP contribution in [0.5, 0.6) is 0 Å². The van der Waals surface area contributed by atoms with Gasteiger partial charge in [-0.1, -0.05) is 26.0 Å². The lowest BCUT2D eigenvalue weighted by atomic mass is 9.96. The molecule has 7 nitrogen and oxygen atoms in total. The van der Waals surface area contributed by atoms with Crippen LogP contribution in [0.25, 0.3) is 0 Å². The van der Waals surface area contributed by atoms with Crippen LogP contribution in [0.4, 0.5) is 10.2 Å². The lowest BCUT2D eigenvalue weighted by molar-refractivity contribution is -0.389. The van der Waals surface area contributed by atoms with Gasteiger partial charge in [0.25, 0.3) is 0 Å². The van der Waals surface area contributed by atoms with Gasteiger partial charge in [-0.15, -0.1) is 0 Å². The third-order valence-electron chi connectivity index (χ3n) is 3.35. The molecule has 0 aliphatic carbocycles. The molecular weight excluding hydrogens is 303 g/mol. The van der Waals surface area contributed by atoms with Gasteiger partial charge in [-0.05, 0) is 33.5 Å². The van der Waals surface area contributed by atoms with E-state index in [1.807, 2.05) is 13.8 Å². The molecule has 0 saturated heterocycles. The Balaban J connectivity index is 2.05. The van der Waals surface area contributed by atoms with Crippen molar-refractivity contribution in [2.24, 2.45) is 5.92 Å². The minimum atomic E-state index is -0.621. The predicted molar refractivity (Wildman–Crippen MR) is 81.0 cm³/mol. The summed E-state index contributed by atoms with van der Waals surface area (Å²) in [6, 6.07) is 5.67. The summed E-state index contributed by atoms with van der Waals surface area (Å²) in [6.45, 7) is 3.80. The number of carbonyl (C=O) groups is 1. The third-order valence-corrected chi connectivity index (χ3v) is 3.35. The summed E-state index contributed by atoms with van der Waals surface area (Å²) in [4.78, 5) is 25.7. The SMILES string of the molecule is CC(C)C(NC(=O)Cn1cnc([N+](=O)[O-])c1)c1ccc(F)cc1. The van der Waals surface area contributed by atoms with Crippen LogP contribution >= 0.6 is 0 Å². The van der Waals surface area contributed by atoms with E-state index in [-0.39, 0.29) is 36.0 Å². The van der Waals surface area contributed by atoms with Gasteiger partial charge in [-0.2, -0.15) is 0 Å². The smallest absolute Gasteiger partial charge is 0.358 e. The van der Waals surface area contributed by atoms with E-state index >= 15 is 0 Å². The number of nitro groups is 1. The van der Waals surface area contributed by atoms with Crippen molar-refractivity contribution in [1.82, 2.24) is 14.9 Å². The normalized spacial score (nSPS) is 12.2. The number of imidazole rings is 1. The van der Waals surface area contributed by atoms with E-state index in [2.05, 4.69) is 10.3 Å². The Morgan fingerprint density at radius 1 is 1.39 bits per heavy atom. The number of nitrogens with zero attached hydrogens (tertiary/aromatic N) is 3. The number of halogens is 1. The Hall–Kier alpha value is -2.77. The number of nitrogens with one attached hydrogen (secondary N) is 1. The Morgan fingerprint density at radius 2 is 2.04 bits per heavy atom. The van der Waals surface area contributed by atoms with Gasteiger partial charge < -0.3 is 20.0 Å². The van der Waals surface area contributed by atoms with Crippen molar-refractivity contribution < 1.29 is 14.1 Å². The molecule has 0 aliphatic heterocycles. The molecule has 1 atom stereocenters. The number of hydrogen-bond donors (Lipinski definition) is 1. The van der Waals surface area contributed by atoms with E-state index in [0.29, 0.717) is 0 Å². The molecule has 0 aliphatic rings. The van der Waals surface area contributed by atoms with Gasteiger partial charge in [0.15, 0.2) is 0 Å². The molecule has 8 heteroatoms. The summed E-state index contributed by atoms with van der Waals surface area (Å²) in [5.74, 6) is -0.855. The molecule has 1 aromatic carbocycles. The molecule has 23 heavy (non-hydrogen) atoms. The van der Waals surface area contributed by atoms with E-state index in [1.54, 1.807) is 12.1 Å². The summed E-state index contributed by atoms with van der Waals surface area (Å²) in [6.07, 6.45) is 2.43. The fraction of sp³-hybridized carbons (Fsp3) is 0.333. The minimum absolute atomic E-state index is 0.0781. The first-order valence-corrected chi connectivity index (χ1v) is 7.08. The molecule has 0 bridgehead atoms. The van der Waals surface area contributed by atoms with Crippen molar-refractivity contribution >= 4 is 11.7 Å². The van der Waals surface area contributed by atoms with Gasteiger partial charge in [-0.25, -0.2) is 4.39 Å². The first kappa shape index (κ1) is 16.6. The summed E-state index contributed by atoms with van der Waals surface area (Å²) in [7, 11) is 0. The second-order valence-corrected chi connectivity index (χ2v) is 5.50. The Morgan fingerprint density at radius 3 is 2.57 bits per heavy atom. The summed E-state index contributed by atoms with van der Waals surface area (Å²) < 4.78 is 14.4. The van der Waals surface area contributed by atoms with Crippen LogP contribution in [-0.2, 0) is 11.3 Å².